The van der Waals surface area contributed by atoms with Crippen LogP contribution in [-0.2, 0) is 13.5 Å². The molecule has 0 radical (unpaired) electrons. The van der Waals surface area contributed by atoms with E-state index in [2.05, 4.69) is 35.3 Å². The van der Waals surface area contributed by atoms with E-state index in [0.29, 0.717) is 6.04 Å². The summed E-state index contributed by atoms with van der Waals surface area (Å²) in [6, 6.07) is 0.592. The quantitative estimate of drug-likeness (QED) is 0.794. The highest BCUT2D eigenvalue weighted by Crippen LogP contribution is 2.30. The molecule has 0 bridgehead atoms. The molecule has 1 fully saturated rings. The van der Waals surface area contributed by atoms with Gasteiger partial charge in [-0.3, -0.25) is 4.68 Å². The molecule has 19 heavy (non-hydrogen) atoms. The van der Waals surface area contributed by atoms with Crippen molar-refractivity contribution in [3.8, 4) is 0 Å². The van der Waals surface area contributed by atoms with Gasteiger partial charge in [0.1, 0.15) is 0 Å². The molecule has 1 unspecified atom stereocenters. The van der Waals surface area contributed by atoms with Gasteiger partial charge < -0.3 is 5.32 Å². The molecule has 1 aliphatic carbocycles. The van der Waals surface area contributed by atoms with E-state index in [9.17, 15) is 0 Å². The lowest BCUT2D eigenvalue weighted by Gasteiger charge is -2.19. The minimum Gasteiger partial charge on any atom is -0.313 e. The topological polar surface area (TPSA) is 29.9 Å². The zero-order chi connectivity index (χ0) is 13.5. The maximum absolute atomic E-state index is 4.27. The first-order valence-electron chi connectivity index (χ1n) is 7.60. The molecule has 0 amide bonds. The first kappa shape index (κ1) is 14.9. The van der Waals surface area contributed by atoms with Crippen LogP contribution in [0.3, 0.4) is 0 Å². The summed E-state index contributed by atoms with van der Waals surface area (Å²) in [6.07, 6.45) is 12.2. The lowest BCUT2D eigenvalue weighted by atomic mass is 10.1. The highest BCUT2D eigenvalue weighted by atomic mass is 32.2. The van der Waals surface area contributed by atoms with Gasteiger partial charge in [-0.05, 0) is 37.8 Å². The third-order valence-electron chi connectivity index (χ3n) is 3.76. The molecule has 1 aliphatic rings. The number of hydrogen-bond donors (Lipinski definition) is 1. The van der Waals surface area contributed by atoms with Crippen molar-refractivity contribution in [3.63, 3.8) is 0 Å². The van der Waals surface area contributed by atoms with E-state index >= 15 is 0 Å². The molecule has 2 rings (SSSR count). The molecule has 1 heterocycles. The van der Waals surface area contributed by atoms with Crippen molar-refractivity contribution in [2.75, 3.05) is 12.3 Å². The maximum Gasteiger partial charge on any atom is 0.0522 e. The molecule has 1 N–H and O–H groups in total. The molecule has 0 aliphatic heterocycles. The Bertz CT molecular complexity index is 358. The second-order valence-electron chi connectivity index (χ2n) is 5.62. The Labute approximate surface area is 121 Å². The normalized spacial score (nSPS) is 18.0. The van der Waals surface area contributed by atoms with Gasteiger partial charge >= 0.3 is 0 Å². The van der Waals surface area contributed by atoms with Crippen LogP contribution in [0.4, 0.5) is 0 Å². The molecule has 1 aromatic rings. The first-order valence-corrected chi connectivity index (χ1v) is 8.65. The Balaban J connectivity index is 1.79. The van der Waals surface area contributed by atoms with Crippen molar-refractivity contribution in [1.29, 1.82) is 0 Å². The van der Waals surface area contributed by atoms with Gasteiger partial charge in [0.25, 0.3) is 0 Å². The van der Waals surface area contributed by atoms with E-state index in [-0.39, 0.29) is 0 Å². The summed E-state index contributed by atoms with van der Waals surface area (Å²) in [6.45, 7) is 3.36. The number of aryl methyl sites for hydroxylation is 1. The van der Waals surface area contributed by atoms with Gasteiger partial charge in [-0.15, -0.1) is 0 Å². The summed E-state index contributed by atoms with van der Waals surface area (Å²) in [5.74, 6) is 1.24. The average molecular weight is 281 g/mol. The minimum absolute atomic E-state index is 0.592. The van der Waals surface area contributed by atoms with Crippen molar-refractivity contribution in [3.05, 3.63) is 18.0 Å². The summed E-state index contributed by atoms with van der Waals surface area (Å²) >= 11 is 2.18. The van der Waals surface area contributed by atoms with Crippen LogP contribution in [-0.4, -0.2) is 33.4 Å². The fraction of sp³-hybridized carbons (Fsp3) is 0.800. The third kappa shape index (κ3) is 5.19. The van der Waals surface area contributed by atoms with Crippen LogP contribution >= 0.6 is 11.8 Å². The van der Waals surface area contributed by atoms with E-state index < -0.39 is 0 Å². The molecule has 0 aromatic carbocycles. The van der Waals surface area contributed by atoms with Crippen LogP contribution in [0, 0.1) is 0 Å². The van der Waals surface area contributed by atoms with Crippen LogP contribution in [0.15, 0.2) is 12.4 Å². The van der Waals surface area contributed by atoms with Gasteiger partial charge in [0.15, 0.2) is 0 Å². The number of thioether (sulfide) groups is 1. The molecule has 0 saturated heterocycles. The summed E-state index contributed by atoms with van der Waals surface area (Å²) < 4.78 is 1.90. The predicted octanol–water partition coefficient (Wildman–Crippen LogP) is 3.01. The molecule has 4 heteroatoms. The number of rotatable bonds is 8. The van der Waals surface area contributed by atoms with Crippen LogP contribution in [0.1, 0.15) is 44.6 Å². The smallest absolute Gasteiger partial charge is 0.0522 e. The van der Waals surface area contributed by atoms with Gasteiger partial charge in [-0.2, -0.15) is 16.9 Å². The molecular formula is C15H27N3S. The zero-order valence-electron chi connectivity index (χ0n) is 12.3. The largest absolute Gasteiger partial charge is 0.313 e. The van der Waals surface area contributed by atoms with E-state index in [1.54, 1.807) is 0 Å². The Hall–Kier alpha value is -0.480. The Morgan fingerprint density at radius 2 is 2.26 bits per heavy atom. The van der Waals surface area contributed by atoms with E-state index in [1.807, 2.05) is 17.9 Å². The maximum atomic E-state index is 4.27. The van der Waals surface area contributed by atoms with Crippen LogP contribution in [0.25, 0.3) is 0 Å². The zero-order valence-corrected chi connectivity index (χ0v) is 13.1. The molecule has 0 spiro atoms. The number of hydrogen-bond acceptors (Lipinski definition) is 3. The Kier molecular flexibility index (Phi) is 6.24. The average Bonchev–Trinajstić information content (AvgIpc) is 3.04. The molecule has 1 saturated carbocycles. The van der Waals surface area contributed by atoms with Crippen molar-refractivity contribution >= 4 is 11.8 Å². The fourth-order valence-corrected chi connectivity index (χ4v) is 4.11. The standard InChI is InChI=1S/C15H27N3S/c1-3-8-16-14(9-13-10-17-18(2)11-13)12-19-15-6-4-5-7-15/h10-11,14-16H,3-9,12H2,1-2H3. The van der Waals surface area contributed by atoms with Crippen LogP contribution in [0.5, 0.6) is 0 Å². The Morgan fingerprint density at radius 1 is 1.47 bits per heavy atom. The van der Waals surface area contributed by atoms with E-state index in [0.717, 1.165) is 18.2 Å². The summed E-state index contributed by atoms with van der Waals surface area (Å²) in [4.78, 5) is 0. The highest BCUT2D eigenvalue weighted by molar-refractivity contribution is 7.99. The Morgan fingerprint density at radius 3 is 2.89 bits per heavy atom. The number of aromatic nitrogens is 2. The van der Waals surface area contributed by atoms with Crippen molar-refractivity contribution in [1.82, 2.24) is 15.1 Å². The molecule has 1 atom stereocenters. The third-order valence-corrected chi connectivity index (χ3v) is 5.30. The molecule has 3 nitrogen and oxygen atoms in total. The minimum atomic E-state index is 0.592. The van der Waals surface area contributed by atoms with Gasteiger partial charge in [-0.25, -0.2) is 0 Å². The van der Waals surface area contributed by atoms with Crippen molar-refractivity contribution < 1.29 is 0 Å². The van der Waals surface area contributed by atoms with E-state index in [1.165, 1.54) is 43.4 Å². The summed E-state index contributed by atoms with van der Waals surface area (Å²) in [5.41, 5.74) is 1.35. The predicted molar refractivity (Wildman–Crippen MR) is 83.7 cm³/mol. The molecule has 1 aromatic heterocycles. The van der Waals surface area contributed by atoms with E-state index in [4.69, 9.17) is 0 Å². The second kappa shape index (κ2) is 7.95. The SMILES string of the molecule is CCCNC(CSC1CCCC1)Cc1cnn(C)c1. The van der Waals surface area contributed by atoms with Gasteiger partial charge in [-0.1, -0.05) is 19.8 Å². The highest BCUT2D eigenvalue weighted by Gasteiger charge is 2.18. The fourth-order valence-electron chi connectivity index (χ4n) is 2.71. The summed E-state index contributed by atoms with van der Waals surface area (Å²) in [5, 5.41) is 8.88. The van der Waals surface area contributed by atoms with Crippen LogP contribution < -0.4 is 5.32 Å². The van der Waals surface area contributed by atoms with Crippen LogP contribution in [0.2, 0.25) is 0 Å². The van der Waals surface area contributed by atoms with Gasteiger partial charge in [0.05, 0.1) is 6.20 Å². The lowest BCUT2D eigenvalue weighted by Crippen LogP contribution is -2.34. The molecular weight excluding hydrogens is 254 g/mol. The number of nitrogens with zero attached hydrogens (tertiary/aromatic N) is 2. The van der Waals surface area contributed by atoms with Crippen molar-refractivity contribution in [2.24, 2.45) is 7.05 Å². The second-order valence-corrected chi connectivity index (χ2v) is 6.95. The number of nitrogens with one attached hydrogen (secondary N) is 1. The van der Waals surface area contributed by atoms with Gasteiger partial charge in [0.2, 0.25) is 0 Å². The van der Waals surface area contributed by atoms with Gasteiger partial charge in [0, 0.05) is 30.3 Å². The lowest BCUT2D eigenvalue weighted by molar-refractivity contribution is 0.549. The first-order chi connectivity index (χ1) is 9.28. The summed E-state index contributed by atoms with van der Waals surface area (Å²) in [7, 11) is 1.99. The monoisotopic (exact) mass is 281 g/mol. The molecule has 108 valence electrons. The van der Waals surface area contributed by atoms with Crippen molar-refractivity contribution in [2.45, 2.75) is 56.7 Å².